The van der Waals surface area contributed by atoms with Gasteiger partial charge in [-0.2, -0.15) is 0 Å². The number of rotatable bonds is 10. The Kier molecular flexibility index (Phi) is 9.79. The predicted molar refractivity (Wildman–Crippen MR) is 119 cm³/mol. The summed E-state index contributed by atoms with van der Waals surface area (Å²) in [7, 11) is 4.39. The van der Waals surface area contributed by atoms with Gasteiger partial charge in [-0.25, -0.2) is 4.79 Å². The fourth-order valence-electron chi connectivity index (χ4n) is 4.15. The molecule has 2 atom stereocenters. The highest BCUT2D eigenvalue weighted by Crippen LogP contribution is 2.28. The van der Waals surface area contributed by atoms with Crippen molar-refractivity contribution in [1.82, 2.24) is 15.1 Å². The van der Waals surface area contributed by atoms with Crippen molar-refractivity contribution in [2.75, 3.05) is 39.0 Å². The minimum atomic E-state index is -0.119. The molecule has 1 saturated carbocycles. The molecule has 1 aromatic carbocycles. The molecule has 0 heterocycles. The number of carbonyl (C=O) groups is 1. The van der Waals surface area contributed by atoms with Crippen LogP contribution in [-0.4, -0.2) is 61.6 Å². The molecule has 2 rings (SSSR count). The lowest BCUT2D eigenvalue weighted by Gasteiger charge is -2.36. The van der Waals surface area contributed by atoms with E-state index in [1.54, 1.807) is 0 Å². The van der Waals surface area contributed by atoms with Crippen molar-refractivity contribution in [3.05, 3.63) is 30.3 Å². The quantitative estimate of drug-likeness (QED) is 0.624. The Hall–Kier alpha value is -1.59. The van der Waals surface area contributed by atoms with Crippen LogP contribution in [0.1, 0.15) is 52.4 Å². The average molecular weight is 389 g/mol. The van der Waals surface area contributed by atoms with Crippen LogP contribution in [-0.2, 0) is 0 Å². The Morgan fingerprint density at radius 1 is 1.11 bits per heavy atom. The zero-order valence-corrected chi connectivity index (χ0v) is 18.3. The summed E-state index contributed by atoms with van der Waals surface area (Å²) >= 11 is 0. The lowest BCUT2D eigenvalue weighted by Crippen LogP contribution is -2.48. The van der Waals surface area contributed by atoms with Gasteiger partial charge in [-0.15, -0.1) is 0 Å². The van der Waals surface area contributed by atoms with Crippen molar-refractivity contribution in [3.8, 4) is 0 Å². The van der Waals surface area contributed by atoms with Crippen LogP contribution in [0.2, 0.25) is 0 Å². The van der Waals surface area contributed by atoms with Gasteiger partial charge < -0.3 is 20.4 Å². The summed E-state index contributed by atoms with van der Waals surface area (Å²) in [5.74, 6) is 0.791. The molecule has 28 heavy (non-hydrogen) atoms. The number of benzene rings is 1. The topological polar surface area (TPSA) is 47.6 Å². The fourth-order valence-corrected chi connectivity index (χ4v) is 4.15. The zero-order valence-electron chi connectivity index (χ0n) is 18.3. The Morgan fingerprint density at radius 2 is 1.79 bits per heavy atom. The molecule has 0 saturated heterocycles. The highest BCUT2D eigenvalue weighted by atomic mass is 16.2. The molecule has 0 radical (unpaired) electrons. The summed E-state index contributed by atoms with van der Waals surface area (Å²) in [4.78, 5) is 17.2. The van der Waals surface area contributed by atoms with Crippen LogP contribution < -0.4 is 10.6 Å². The van der Waals surface area contributed by atoms with Crippen LogP contribution in [0.5, 0.6) is 0 Å². The van der Waals surface area contributed by atoms with Crippen LogP contribution in [0.25, 0.3) is 0 Å². The minimum Gasteiger partial charge on any atom is -0.336 e. The normalized spacial score (nSPS) is 17.5. The molecule has 1 fully saturated rings. The van der Waals surface area contributed by atoms with E-state index >= 15 is 0 Å². The number of anilines is 1. The molecule has 0 aliphatic heterocycles. The Bertz CT molecular complexity index is 559. The van der Waals surface area contributed by atoms with Crippen LogP contribution in [0.15, 0.2) is 30.3 Å². The van der Waals surface area contributed by atoms with E-state index in [0.29, 0.717) is 18.6 Å². The lowest BCUT2D eigenvalue weighted by atomic mass is 9.84. The van der Waals surface area contributed by atoms with Gasteiger partial charge in [0.2, 0.25) is 0 Å². The summed E-state index contributed by atoms with van der Waals surface area (Å²) in [6.07, 6.45) is 7.95. The van der Waals surface area contributed by atoms with Gasteiger partial charge in [-0.05, 0) is 52.0 Å². The first-order chi connectivity index (χ1) is 13.5. The Morgan fingerprint density at radius 3 is 2.43 bits per heavy atom. The predicted octanol–water partition coefficient (Wildman–Crippen LogP) is 4.42. The second kappa shape index (κ2) is 12.1. The molecule has 158 valence electrons. The second-order valence-corrected chi connectivity index (χ2v) is 8.46. The van der Waals surface area contributed by atoms with E-state index in [9.17, 15) is 4.79 Å². The average Bonchev–Trinajstić information content (AvgIpc) is 2.71. The van der Waals surface area contributed by atoms with E-state index in [1.807, 2.05) is 30.3 Å². The summed E-state index contributed by atoms with van der Waals surface area (Å²) in [5, 5.41) is 6.04. The monoisotopic (exact) mass is 388 g/mol. The summed E-state index contributed by atoms with van der Waals surface area (Å²) in [5.41, 5.74) is 0.829. The molecule has 5 heteroatoms. The van der Waals surface area contributed by atoms with Gasteiger partial charge in [0.05, 0.1) is 0 Å². The molecule has 2 amide bonds. The van der Waals surface area contributed by atoms with Crippen molar-refractivity contribution in [1.29, 1.82) is 0 Å². The van der Waals surface area contributed by atoms with E-state index in [0.717, 1.165) is 24.7 Å². The van der Waals surface area contributed by atoms with Gasteiger partial charge in [0.15, 0.2) is 0 Å². The highest BCUT2D eigenvalue weighted by Gasteiger charge is 2.24. The van der Waals surface area contributed by atoms with Gasteiger partial charge in [0.25, 0.3) is 0 Å². The van der Waals surface area contributed by atoms with Gasteiger partial charge in [0, 0.05) is 30.9 Å². The Labute approximate surface area is 171 Å². The van der Waals surface area contributed by atoms with Crippen LogP contribution in [0.4, 0.5) is 10.5 Å². The third kappa shape index (κ3) is 7.80. The maximum atomic E-state index is 12.4. The number of nitrogens with one attached hydrogen (secondary N) is 2. The van der Waals surface area contributed by atoms with Crippen molar-refractivity contribution in [3.63, 3.8) is 0 Å². The highest BCUT2D eigenvalue weighted by molar-refractivity contribution is 5.89. The maximum absolute atomic E-state index is 12.4. The van der Waals surface area contributed by atoms with Gasteiger partial charge >= 0.3 is 6.03 Å². The molecule has 1 aromatic rings. The molecule has 0 unspecified atom stereocenters. The molecule has 2 N–H and O–H groups in total. The van der Waals surface area contributed by atoms with Crippen LogP contribution in [0.3, 0.4) is 0 Å². The molecule has 5 nitrogen and oxygen atoms in total. The first-order valence-corrected chi connectivity index (χ1v) is 11.0. The van der Waals surface area contributed by atoms with Gasteiger partial charge in [0.1, 0.15) is 0 Å². The second-order valence-electron chi connectivity index (χ2n) is 8.46. The van der Waals surface area contributed by atoms with Crippen molar-refractivity contribution in [2.24, 2.45) is 5.92 Å². The number of carbonyl (C=O) groups excluding carboxylic acids is 1. The minimum absolute atomic E-state index is 0.119. The third-order valence-electron chi connectivity index (χ3n) is 6.29. The van der Waals surface area contributed by atoms with Crippen LogP contribution >= 0.6 is 0 Å². The standard InChI is InChI=1S/C23H40N4O/c1-5-26(3)19(2)18-27(4)22(16-20-12-8-6-9-13-20)17-24-23(28)25-21-14-10-7-11-15-21/h7,10-11,14-15,19-20,22H,5-6,8-9,12-13,16-18H2,1-4H3,(H2,24,25,28)/t19-,22-/m1/s1. The number of para-hydroxylation sites is 1. The lowest BCUT2D eigenvalue weighted by molar-refractivity contribution is 0.138. The SMILES string of the molecule is CCN(C)[C@H](C)CN(C)[C@@H](CNC(=O)Nc1ccccc1)CC1CCCCC1. The van der Waals surface area contributed by atoms with Crippen molar-refractivity contribution in [2.45, 2.75) is 64.5 Å². The number of amides is 2. The van der Waals surface area contributed by atoms with E-state index in [1.165, 1.54) is 38.5 Å². The van der Waals surface area contributed by atoms with Crippen LogP contribution in [0, 0.1) is 5.92 Å². The zero-order chi connectivity index (χ0) is 20.4. The smallest absolute Gasteiger partial charge is 0.319 e. The number of urea groups is 1. The summed E-state index contributed by atoms with van der Waals surface area (Å²) in [6, 6.07) is 10.4. The number of hydrogen-bond donors (Lipinski definition) is 2. The number of likely N-dealkylation sites (N-methyl/N-ethyl adjacent to an activating group) is 2. The van der Waals surface area contributed by atoms with Crippen molar-refractivity contribution < 1.29 is 4.79 Å². The molecule has 0 bridgehead atoms. The van der Waals surface area contributed by atoms with E-state index in [2.05, 4.69) is 48.4 Å². The van der Waals surface area contributed by atoms with E-state index < -0.39 is 0 Å². The first kappa shape index (κ1) is 22.7. The number of hydrogen-bond acceptors (Lipinski definition) is 3. The summed E-state index contributed by atoms with van der Waals surface area (Å²) in [6.45, 7) is 7.25. The third-order valence-corrected chi connectivity index (χ3v) is 6.29. The Balaban J connectivity index is 1.91. The largest absolute Gasteiger partial charge is 0.336 e. The van der Waals surface area contributed by atoms with E-state index in [4.69, 9.17) is 0 Å². The maximum Gasteiger partial charge on any atom is 0.319 e. The molecule has 0 aromatic heterocycles. The molecule has 1 aliphatic carbocycles. The summed E-state index contributed by atoms with van der Waals surface area (Å²) < 4.78 is 0. The molecule has 0 spiro atoms. The van der Waals surface area contributed by atoms with E-state index in [-0.39, 0.29) is 6.03 Å². The molecular formula is C23H40N4O. The van der Waals surface area contributed by atoms with Gasteiger partial charge in [-0.1, -0.05) is 57.2 Å². The van der Waals surface area contributed by atoms with Crippen molar-refractivity contribution >= 4 is 11.7 Å². The number of nitrogens with zero attached hydrogens (tertiary/aromatic N) is 2. The molecule has 1 aliphatic rings. The first-order valence-electron chi connectivity index (χ1n) is 11.0. The van der Waals surface area contributed by atoms with Gasteiger partial charge in [-0.3, -0.25) is 0 Å². The fraction of sp³-hybridized carbons (Fsp3) is 0.696. The molecular weight excluding hydrogens is 348 g/mol.